The van der Waals surface area contributed by atoms with Crippen LogP contribution in [0, 0.1) is 0 Å². The summed E-state index contributed by atoms with van der Waals surface area (Å²) < 4.78 is 0. The van der Waals surface area contributed by atoms with Crippen LogP contribution in [0.5, 0.6) is 0 Å². The molecule has 0 aliphatic rings. The zero-order valence-corrected chi connectivity index (χ0v) is 12.9. The third-order valence-electron chi connectivity index (χ3n) is 2.87. The highest BCUT2D eigenvalue weighted by Crippen LogP contribution is 2.15. The molecule has 22 heavy (non-hydrogen) atoms. The van der Waals surface area contributed by atoms with Gasteiger partial charge in [-0.05, 0) is 36.8 Å². The summed E-state index contributed by atoms with van der Waals surface area (Å²) in [5.74, 6) is -0.617. The topological polar surface area (TPSA) is 71.1 Å². The average molecular weight is 318 g/mol. The number of halogens is 1. The number of hydrogen-bond donors (Lipinski definition) is 2. The Hall–Kier alpha value is -2.40. The summed E-state index contributed by atoms with van der Waals surface area (Å²) in [7, 11) is 0. The number of aromatic nitrogens is 1. The largest absolute Gasteiger partial charge is 0.352 e. The Morgan fingerprint density at radius 2 is 2.00 bits per heavy atom. The molecule has 0 spiro atoms. The molecule has 114 valence electrons. The van der Waals surface area contributed by atoms with Gasteiger partial charge in [0.15, 0.2) is 0 Å². The van der Waals surface area contributed by atoms with Crippen molar-refractivity contribution in [2.75, 3.05) is 11.9 Å². The van der Waals surface area contributed by atoms with Crippen molar-refractivity contribution in [1.82, 2.24) is 10.3 Å². The third-order valence-corrected chi connectivity index (χ3v) is 3.11. The van der Waals surface area contributed by atoms with Crippen LogP contribution in [0.4, 0.5) is 5.69 Å². The lowest BCUT2D eigenvalue weighted by Crippen LogP contribution is -2.24. The summed E-state index contributed by atoms with van der Waals surface area (Å²) in [6.45, 7) is 2.56. The minimum absolute atomic E-state index is 0.170. The Morgan fingerprint density at radius 1 is 1.18 bits per heavy atom. The van der Waals surface area contributed by atoms with E-state index in [0.717, 1.165) is 6.42 Å². The fourth-order valence-corrected chi connectivity index (χ4v) is 1.99. The van der Waals surface area contributed by atoms with Gasteiger partial charge >= 0.3 is 0 Å². The monoisotopic (exact) mass is 317 g/mol. The Labute approximate surface area is 133 Å². The molecule has 0 unspecified atom stereocenters. The molecule has 2 rings (SSSR count). The van der Waals surface area contributed by atoms with Crippen LogP contribution in [0.3, 0.4) is 0 Å². The number of benzene rings is 1. The molecule has 2 aromatic rings. The molecule has 0 fully saturated rings. The number of pyridine rings is 1. The highest BCUT2D eigenvalue weighted by molar-refractivity contribution is 6.30. The van der Waals surface area contributed by atoms with E-state index in [-0.39, 0.29) is 11.6 Å². The van der Waals surface area contributed by atoms with Crippen molar-refractivity contribution >= 4 is 29.1 Å². The molecule has 0 aliphatic heterocycles. The fourth-order valence-electron chi connectivity index (χ4n) is 1.80. The van der Waals surface area contributed by atoms with Gasteiger partial charge in [-0.3, -0.25) is 14.6 Å². The number of carbonyl (C=O) groups excluding carboxylic acids is 2. The molecule has 0 saturated carbocycles. The predicted octanol–water partition coefficient (Wildman–Crippen LogP) is 3.13. The summed E-state index contributed by atoms with van der Waals surface area (Å²) in [5, 5.41) is 5.97. The van der Waals surface area contributed by atoms with E-state index in [1.807, 2.05) is 6.92 Å². The molecule has 0 aliphatic carbocycles. The number of rotatable bonds is 5. The van der Waals surface area contributed by atoms with Gasteiger partial charge in [0, 0.05) is 29.0 Å². The van der Waals surface area contributed by atoms with E-state index in [1.165, 1.54) is 12.3 Å². The Bertz CT molecular complexity index is 689. The predicted molar refractivity (Wildman–Crippen MR) is 86.3 cm³/mol. The van der Waals surface area contributed by atoms with E-state index in [0.29, 0.717) is 22.8 Å². The molecule has 2 amide bonds. The van der Waals surface area contributed by atoms with E-state index in [2.05, 4.69) is 15.6 Å². The molecule has 2 N–H and O–H groups in total. The van der Waals surface area contributed by atoms with Gasteiger partial charge < -0.3 is 10.6 Å². The summed E-state index contributed by atoms with van der Waals surface area (Å²) in [6, 6.07) is 9.85. The smallest absolute Gasteiger partial charge is 0.274 e. The van der Waals surface area contributed by atoms with Crippen molar-refractivity contribution < 1.29 is 9.59 Å². The Kier molecular flexibility index (Phi) is 5.49. The lowest BCUT2D eigenvalue weighted by molar-refractivity contribution is 0.0953. The van der Waals surface area contributed by atoms with Crippen LogP contribution in [0.2, 0.25) is 5.02 Å². The van der Waals surface area contributed by atoms with E-state index >= 15 is 0 Å². The maximum absolute atomic E-state index is 12.2. The Balaban J connectivity index is 2.11. The SMILES string of the molecule is CCCNC(=O)c1ccnc(C(=O)Nc2cccc(Cl)c2)c1. The molecule has 5 nitrogen and oxygen atoms in total. The number of amides is 2. The van der Waals surface area contributed by atoms with E-state index in [4.69, 9.17) is 11.6 Å². The van der Waals surface area contributed by atoms with Gasteiger partial charge in [-0.25, -0.2) is 0 Å². The molecule has 0 atom stereocenters. The maximum Gasteiger partial charge on any atom is 0.274 e. The van der Waals surface area contributed by atoms with Crippen molar-refractivity contribution in [2.24, 2.45) is 0 Å². The van der Waals surface area contributed by atoms with Gasteiger partial charge in [0.1, 0.15) is 5.69 Å². The van der Waals surface area contributed by atoms with Gasteiger partial charge in [-0.2, -0.15) is 0 Å². The molecule has 1 aromatic carbocycles. The summed E-state index contributed by atoms with van der Waals surface area (Å²) >= 11 is 5.87. The van der Waals surface area contributed by atoms with Gasteiger partial charge in [0.25, 0.3) is 11.8 Å². The fraction of sp³-hybridized carbons (Fsp3) is 0.188. The van der Waals surface area contributed by atoms with Crippen LogP contribution in [-0.2, 0) is 0 Å². The second-order valence-electron chi connectivity index (χ2n) is 4.65. The highest BCUT2D eigenvalue weighted by atomic mass is 35.5. The minimum atomic E-state index is -0.396. The molecule has 6 heteroatoms. The second kappa shape index (κ2) is 7.56. The first-order valence-electron chi connectivity index (χ1n) is 6.91. The van der Waals surface area contributed by atoms with Crippen molar-refractivity contribution in [3.8, 4) is 0 Å². The number of nitrogens with zero attached hydrogens (tertiary/aromatic N) is 1. The van der Waals surface area contributed by atoms with Crippen LogP contribution in [-0.4, -0.2) is 23.3 Å². The maximum atomic E-state index is 12.2. The van der Waals surface area contributed by atoms with Gasteiger partial charge in [0.05, 0.1) is 0 Å². The van der Waals surface area contributed by atoms with Crippen LogP contribution in [0.25, 0.3) is 0 Å². The van der Waals surface area contributed by atoms with Crippen molar-refractivity contribution in [1.29, 1.82) is 0 Å². The van der Waals surface area contributed by atoms with Gasteiger partial charge in [0.2, 0.25) is 0 Å². The first-order valence-corrected chi connectivity index (χ1v) is 7.29. The van der Waals surface area contributed by atoms with E-state index < -0.39 is 5.91 Å². The zero-order chi connectivity index (χ0) is 15.9. The second-order valence-corrected chi connectivity index (χ2v) is 5.09. The average Bonchev–Trinajstić information content (AvgIpc) is 2.52. The normalized spacial score (nSPS) is 10.1. The molecular formula is C16H16ClN3O2. The quantitative estimate of drug-likeness (QED) is 0.890. The lowest BCUT2D eigenvalue weighted by Gasteiger charge is -2.07. The highest BCUT2D eigenvalue weighted by Gasteiger charge is 2.12. The number of anilines is 1. The van der Waals surface area contributed by atoms with Gasteiger partial charge in [-0.1, -0.05) is 24.6 Å². The molecule has 0 bridgehead atoms. The Morgan fingerprint density at radius 3 is 2.73 bits per heavy atom. The first-order chi connectivity index (χ1) is 10.6. The molecule has 1 heterocycles. The summed E-state index contributed by atoms with van der Waals surface area (Å²) in [5.41, 5.74) is 1.14. The van der Waals surface area contributed by atoms with Crippen molar-refractivity contribution in [3.63, 3.8) is 0 Å². The van der Waals surface area contributed by atoms with Crippen LogP contribution in [0.15, 0.2) is 42.6 Å². The molecular weight excluding hydrogens is 302 g/mol. The van der Waals surface area contributed by atoms with Crippen LogP contribution < -0.4 is 10.6 Å². The number of carbonyl (C=O) groups is 2. The van der Waals surface area contributed by atoms with Crippen LogP contribution >= 0.6 is 11.6 Å². The number of nitrogens with one attached hydrogen (secondary N) is 2. The first kappa shape index (κ1) is 16.0. The third kappa shape index (κ3) is 4.30. The zero-order valence-electron chi connectivity index (χ0n) is 12.1. The number of hydrogen-bond acceptors (Lipinski definition) is 3. The van der Waals surface area contributed by atoms with Crippen molar-refractivity contribution in [3.05, 3.63) is 58.9 Å². The standard InChI is InChI=1S/C16H16ClN3O2/c1-2-7-19-15(21)11-6-8-18-14(9-11)16(22)20-13-5-3-4-12(17)10-13/h3-6,8-10H,2,7H2,1H3,(H,19,21)(H,20,22). The van der Waals surface area contributed by atoms with E-state index in [1.54, 1.807) is 30.3 Å². The summed E-state index contributed by atoms with van der Waals surface area (Å²) in [6.07, 6.45) is 2.28. The van der Waals surface area contributed by atoms with Crippen LogP contribution in [0.1, 0.15) is 34.2 Å². The summed E-state index contributed by atoms with van der Waals surface area (Å²) in [4.78, 5) is 28.1. The molecule has 0 radical (unpaired) electrons. The van der Waals surface area contributed by atoms with Gasteiger partial charge in [-0.15, -0.1) is 0 Å². The minimum Gasteiger partial charge on any atom is -0.352 e. The molecule has 1 aromatic heterocycles. The lowest BCUT2D eigenvalue weighted by atomic mass is 10.2. The molecule has 0 saturated heterocycles. The van der Waals surface area contributed by atoms with Crippen molar-refractivity contribution in [2.45, 2.75) is 13.3 Å². The van der Waals surface area contributed by atoms with E-state index in [9.17, 15) is 9.59 Å².